The van der Waals surface area contributed by atoms with E-state index < -0.39 is 18.0 Å². The molecule has 5 aromatic rings. The second kappa shape index (κ2) is 10.9. The van der Waals surface area contributed by atoms with E-state index >= 15 is 0 Å². The number of nitrogens with zero attached hydrogens (tertiary/aromatic N) is 6. The number of aromatic nitrogens is 6. The summed E-state index contributed by atoms with van der Waals surface area (Å²) < 4.78 is 31.9. The Hall–Kier alpha value is -4.38. The zero-order valence-electron chi connectivity index (χ0n) is 22.1. The number of fused-ring (bicyclic) bond motifs is 2. The Labute approximate surface area is 238 Å². The van der Waals surface area contributed by atoms with Gasteiger partial charge >= 0.3 is 5.69 Å². The summed E-state index contributed by atoms with van der Waals surface area (Å²) in [6, 6.07) is 8.68. The number of carbonyl (C=O) groups excluding carboxylic acids is 1. The van der Waals surface area contributed by atoms with E-state index in [0.29, 0.717) is 43.4 Å². The predicted octanol–water partition coefficient (Wildman–Crippen LogP) is 5.33. The molecule has 0 aliphatic heterocycles. The van der Waals surface area contributed by atoms with Crippen molar-refractivity contribution in [2.24, 2.45) is 7.05 Å². The highest BCUT2D eigenvalue weighted by Gasteiger charge is 2.25. The normalized spacial score (nSPS) is 15.6. The average molecular weight is 578 g/mol. The van der Waals surface area contributed by atoms with Crippen LogP contribution in [0.25, 0.3) is 28.4 Å². The SMILES string of the molecule is Cn1ccc2cc(Cn3c(=O)n(C=C4CCC(NC(=O)c5cc(Cl)cnc5C(F)F)CC4)c4cccnc43)cnc21. The fourth-order valence-corrected chi connectivity index (χ4v) is 5.52. The minimum atomic E-state index is -2.89. The van der Waals surface area contributed by atoms with Crippen molar-refractivity contribution in [1.82, 2.24) is 34.0 Å². The van der Waals surface area contributed by atoms with Crippen molar-refractivity contribution in [3.05, 3.63) is 93.0 Å². The van der Waals surface area contributed by atoms with E-state index in [1.165, 1.54) is 6.07 Å². The lowest BCUT2D eigenvalue weighted by atomic mass is 9.91. The van der Waals surface area contributed by atoms with E-state index in [2.05, 4.69) is 20.3 Å². The molecule has 0 radical (unpaired) electrons. The van der Waals surface area contributed by atoms with Crippen molar-refractivity contribution in [2.75, 3.05) is 0 Å². The molecule has 1 amide bonds. The van der Waals surface area contributed by atoms with Gasteiger partial charge in [0.25, 0.3) is 12.3 Å². The number of hydrogen-bond donors (Lipinski definition) is 1. The molecular weight excluding hydrogens is 552 g/mol. The highest BCUT2D eigenvalue weighted by atomic mass is 35.5. The molecule has 1 N–H and O–H groups in total. The predicted molar refractivity (Wildman–Crippen MR) is 152 cm³/mol. The fraction of sp³-hybridized carbons (Fsp3) is 0.276. The van der Waals surface area contributed by atoms with Crippen LogP contribution in [-0.2, 0) is 13.6 Å². The standard InChI is InChI=1S/C29H26ClF2N7O2/c1-37-10-8-19-11-18(13-35-26(19)37)16-39-27-23(3-2-9-33-27)38(29(39)41)15-17-4-6-21(7-5-17)36-28(40)22-12-20(30)14-34-24(22)25(31)32/h2-3,8-15,21,25H,4-7,16H2,1H3,(H,36,40). The van der Waals surface area contributed by atoms with Gasteiger partial charge in [-0.3, -0.25) is 18.9 Å². The molecule has 5 heterocycles. The lowest BCUT2D eigenvalue weighted by Gasteiger charge is -2.25. The number of pyridine rings is 3. The van der Waals surface area contributed by atoms with Gasteiger partial charge in [-0.05, 0) is 61.6 Å². The van der Waals surface area contributed by atoms with Gasteiger partial charge in [0.15, 0.2) is 5.65 Å². The summed E-state index contributed by atoms with van der Waals surface area (Å²) in [7, 11) is 1.94. The van der Waals surface area contributed by atoms with E-state index in [1.54, 1.807) is 27.6 Å². The molecule has 0 atom stereocenters. The smallest absolute Gasteiger partial charge is 0.334 e. The van der Waals surface area contributed by atoms with Crippen molar-refractivity contribution < 1.29 is 13.6 Å². The van der Waals surface area contributed by atoms with Gasteiger partial charge in [0.05, 0.1) is 22.6 Å². The molecule has 12 heteroatoms. The highest BCUT2D eigenvalue weighted by molar-refractivity contribution is 6.30. The van der Waals surface area contributed by atoms with Gasteiger partial charge in [-0.25, -0.2) is 23.5 Å². The first-order chi connectivity index (χ1) is 19.8. The third kappa shape index (κ3) is 5.24. The van der Waals surface area contributed by atoms with Crippen molar-refractivity contribution in [3.63, 3.8) is 0 Å². The largest absolute Gasteiger partial charge is 0.349 e. The highest BCUT2D eigenvalue weighted by Crippen LogP contribution is 2.27. The number of alkyl halides is 2. The molecule has 0 saturated heterocycles. The number of nitrogens with one attached hydrogen (secondary N) is 1. The van der Waals surface area contributed by atoms with Crippen LogP contribution in [0.4, 0.5) is 8.78 Å². The molecule has 9 nitrogen and oxygen atoms in total. The van der Waals surface area contributed by atoms with E-state index in [-0.39, 0.29) is 22.3 Å². The van der Waals surface area contributed by atoms with Crippen molar-refractivity contribution in [2.45, 2.75) is 44.7 Å². The Kier molecular flexibility index (Phi) is 7.12. The summed E-state index contributed by atoms with van der Waals surface area (Å²) in [6.45, 7) is 0.327. The second-order valence-corrected chi connectivity index (χ2v) is 10.6. The number of rotatable bonds is 6. The number of imidazole rings is 1. The second-order valence-electron chi connectivity index (χ2n) is 10.2. The molecule has 6 rings (SSSR count). The van der Waals surface area contributed by atoms with Crippen molar-refractivity contribution in [1.29, 1.82) is 0 Å². The van der Waals surface area contributed by atoms with Crippen LogP contribution in [0.15, 0.2) is 65.5 Å². The van der Waals surface area contributed by atoms with Gasteiger partial charge in [-0.2, -0.15) is 0 Å². The Morgan fingerprint density at radius 2 is 1.95 bits per heavy atom. The van der Waals surface area contributed by atoms with Gasteiger partial charge in [0, 0.05) is 49.5 Å². The topological polar surface area (TPSA) is 99.6 Å². The zero-order valence-corrected chi connectivity index (χ0v) is 22.9. The molecule has 210 valence electrons. The molecule has 1 aliphatic carbocycles. The monoisotopic (exact) mass is 577 g/mol. The quantitative estimate of drug-likeness (QED) is 0.294. The third-order valence-corrected chi connectivity index (χ3v) is 7.64. The lowest BCUT2D eigenvalue weighted by Crippen LogP contribution is -2.37. The number of hydrogen-bond acceptors (Lipinski definition) is 5. The molecule has 5 aromatic heterocycles. The van der Waals surface area contributed by atoms with Gasteiger partial charge in [-0.15, -0.1) is 0 Å². The molecule has 1 saturated carbocycles. The van der Waals surface area contributed by atoms with Crippen LogP contribution in [-0.4, -0.2) is 40.6 Å². The lowest BCUT2D eigenvalue weighted by molar-refractivity contribution is 0.0914. The first-order valence-corrected chi connectivity index (χ1v) is 13.6. The zero-order chi connectivity index (χ0) is 28.7. The maximum absolute atomic E-state index is 13.6. The average Bonchev–Trinajstić information content (AvgIpc) is 3.46. The molecular formula is C29H26ClF2N7O2. The summed E-state index contributed by atoms with van der Waals surface area (Å²) in [5, 5.41) is 3.95. The first-order valence-electron chi connectivity index (χ1n) is 13.2. The summed E-state index contributed by atoms with van der Waals surface area (Å²) in [5.41, 5.74) is 3.07. The maximum Gasteiger partial charge on any atom is 0.334 e. The third-order valence-electron chi connectivity index (χ3n) is 7.43. The van der Waals surface area contributed by atoms with Gasteiger partial charge in [0.1, 0.15) is 11.3 Å². The van der Waals surface area contributed by atoms with E-state index in [0.717, 1.165) is 28.4 Å². The number of amides is 1. The van der Waals surface area contributed by atoms with Crippen LogP contribution in [0.5, 0.6) is 0 Å². The van der Waals surface area contributed by atoms with E-state index in [4.69, 9.17) is 11.6 Å². The van der Waals surface area contributed by atoms with Crippen LogP contribution in [0.2, 0.25) is 5.02 Å². The molecule has 0 unspecified atom stereocenters. The summed E-state index contributed by atoms with van der Waals surface area (Å²) in [4.78, 5) is 39.0. The van der Waals surface area contributed by atoms with E-state index in [1.807, 2.05) is 42.2 Å². The molecule has 0 spiro atoms. The molecule has 41 heavy (non-hydrogen) atoms. The van der Waals surface area contributed by atoms with Crippen LogP contribution in [0, 0.1) is 0 Å². The van der Waals surface area contributed by atoms with Crippen molar-refractivity contribution >= 4 is 45.9 Å². The minimum absolute atomic E-state index is 0.115. The number of halogens is 3. The number of aryl methyl sites for hydroxylation is 1. The molecule has 1 aliphatic rings. The van der Waals surface area contributed by atoms with Crippen LogP contribution < -0.4 is 11.0 Å². The van der Waals surface area contributed by atoms with Gasteiger partial charge in [-0.1, -0.05) is 17.2 Å². The van der Waals surface area contributed by atoms with Crippen LogP contribution in [0.3, 0.4) is 0 Å². The van der Waals surface area contributed by atoms with Crippen LogP contribution in [0.1, 0.15) is 53.7 Å². The Morgan fingerprint density at radius 1 is 1.15 bits per heavy atom. The summed E-state index contributed by atoms with van der Waals surface area (Å²) >= 11 is 5.90. The van der Waals surface area contributed by atoms with Crippen LogP contribution >= 0.6 is 11.6 Å². The number of allylic oxidation sites excluding steroid dienone is 1. The Bertz CT molecular complexity index is 1860. The molecule has 0 bridgehead atoms. The maximum atomic E-state index is 13.6. The first kappa shape index (κ1) is 26.8. The van der Waals surface area contributed by atoms with Crippen molar-refractivity contribution in [3.8, 4) is 0 Å². The van der Waals surface area contributed by atoms with Gasteiger partial charge in [0.2, 0.25) is 0 Å². The minimum Gasteiger partial charge on any atom is -0.349 e. The molecule has 0 aromatic carbocycles. The Morgan fingerprint density at radius 3 is 2.73 bits per heavy atom. The molecule has 1 fully saturated rings. The number of carbonyl (C=O) groups is 1. The summed E-state index contributed by atoms with van der Waals surface area (Å²) in [6.07, 6.45) is 7.93. The van der Waals surface area contributed by atoms with Gasteiger partial charge < -0.3 is 9.88 Å². The fourth-order valence-electron chi connectivity index (χ4n) is 5.36. The van der Waals surface area contributed by atoms with E-state index in [9.17, 15) is 18.4 Å². The Balaban J connectivity index is 1.20. The summed E-state index contributed by atoms with van der Waals surface area (Å²) in [5.74, 6) is -0.624.